The van der Waals surface area contributed by atoms with Crippen molar-refractivity contribution < 1.29 is 27.4 Å². The van der Waals surface area contributed by atoms with E-state index in [-0.39, 0.29) is 30.4 Å². The summed E-state index contributed by atoms with van der Waals surface area (Å²) in [6.07, 6.45) is 10.1. The molecule has 12 heteroatoms. The Hall–Kier alpha value is -2.67. The van der Waals surface area contributed by atoms with Crippen molar-refractivity contribution in [3.05, 3.63) is 70.3 Å². The molecule has 2 aromatic rings. The number of piperazine rings is 1. The number of halogens is 1. The molecule has 0 unspecified atom stereocenters. The first-order valence-corrected chi connectivity index (χ1v) is 21.9. The number of methoxy groups -OCH3 is 2. The average molecular weight is 785 g/mol. The third-order valence-electron chi connectivity index (χ3n) is 12.5. The Morgan fingerprint density at radius 1 is 1.02 bits per heavy atom. The lowest BCUT2D eigenvalue weighted by Crippen LogP contribution is -2.59. The summed E-state index contributed by atoms with van der Waals surface area (Å²) in [6, 6.07) is 11.8. The van der Waals surface area contributed by atoms with Gasteiger partial charge in [-0.25, -0.2) is 13.1 Å². The lowest BCUT2D eigenvalue weighted by atomic mass is 9.63. The lowest BCUT2D eigenvalue weighted by molar-refractivity contribution is -0.0960. The fraction of sp³-hybridized carbons (Fsp3) is 0.643. The minimum Gasteiger partial charge on any atom is -0.487 e. The fourth-order valence-electron chi connectivity index (χ4n) is 9.04. The van der Waals surface area contributed by atoms with Gasteiger partial charge in [0, 0.05) is 83.3 Å². The summed E-state index contributed by atoms with van der Waals surface area (Å²) < 4.78 is 49.1. The number of nitrogens with zero attached hydrogens (tertiary/aromatic N) is 3. The Balaban J connectivity index is 1.40. The van der Waals surface area contributed by atoms with Crippen molar-refractivity contribution in [1.82, 2.24) is 14.5 Å². The molecular weight excluding hydrogens is 724 g/mol. The zero-order valence-electron chi connectivity index (χ0n) is 32.9. The van der Waals surface area contributed by atoms with E-state index >= 15 is 0 Å². The third-order valence-corrected chi connectivity index (χ3v) is 14.7. The Kier molecular flexibility index (Phi) is 13.7. The molecule has 0 radical (unpaired) electrons. The van der Waals surface area contributed by atoms with Crippen LogP contribution in [0.3, 0.4) is 0 Å². The van der Waals surface area contributed by atoms with E-state index in [4.69, 9.17) is 25.8 Å². The van der Waals surface area contributed by atoms with Crippen LogP contribution in [0.15, 0.2) is 48.6 Å². The first-order chi connectivity index (χ1) is 25.9. The average Bonchev–Trinajstić information content (AvgIpc) is 3.16. The Bertz CT molecular complexity index is 1730. The van der Waals surface area contributed by atoms with Crippen LogP contribution in [0, 0.1) is 17.8 Å². The molecular formula is C42H61ClN4O6S. The molecule has 3 heterocycles. The summed E-state index contributed by atoms with van der Waals surface area (Å²) in [7, 11) is -0.645. The smallest absolute Gasteiger partial charge is 0.264 e. The standard InChI is InChI=1S/C42H61ClN4O6S/c1-30(2)46-22-20-45(21-23-46)29-42(52-5)18-8-9-31(3)40(17-24-51-4)54(49,50)44-41(48)33-13-16-39-38(26-33)47(27-34-12-15-37(34)42)19-7-6-10-32-25-36(43)14-11-35(32)28-53-39/h8,11,13-14,16,18,25-26,30-31,34,37,40H,6-7,9-10,12,15,17,19-24,27-29H2,1-5H3,(H,44,48)/b18-8+/t31-,34-,37+,40+,42-/m0/s1. The van der Waals surface area contributed by atoms with Gasteiger partial charge < -0.3 is 19.1 Å². The molecule has 1 N–H and O–H groups in total. The van der Waals surface area contributed by atoms with Crippen LogP contribution >= 0.6 is 11.6 Å². The maximum Gasteiger partial charge on any atom is 0.264 e. The minimum absolute atomic E-state index is 0.263. The molecule has 2 bridgehead atoms. The molecule has 5 atom stereocenters. The van der Waals surface area contributed by atoms with Gasteiger partial charge in [-0.3, -0.25) is 14.6 Å². The van der Waals surface area contributed by atoms with Gasteiger partial charge >= 0.3 is 0 Å². The van der Waals surface area contributed by atoms with E-state index < -0.39 is 26.8 Å². The van der Waals surface area contributed by atoms with E-state index in [0.29, 0.717) is 35.8 Å². The van der Waals surface area contributed by atoms with Gasteiger partial charge in [0.2, 0.25) is 10.0 Å². The number of sulfonamides is 1. The number of hydrogen-bond donors (Lipinski definition) is 1. The van der Waals surface area contributed by atoms with Gasteiger partial charge in [-0.05, 0) is 118 Å². The van der Waals surface area contributed by atoms with Crippen LogP contribution in [0.5, 0.6) is 5.75 Å². The summed E-state index contributed by atoms with van der Waals surface area (Å²) in [5.74, 6) is 0.366. The number of fused-ring (bicyclic) bond motifs is 3. The SMILES string of the molecule is COCC[C@@H]1[C@@H](C)C/C=C/[C@@](CN2CCN(C(C)C)CC2)(OC)[C@@H]2CC[C@H]2CN2CCCCc3cc(Cl)ccc3COc3ccc(cc32)C(=O)NS1(=O)=O. The number of benzene rings is 2. The van der Waals surface area contributed by atoms with Crippen LogP contribution in [0.1, 0.15) is 80.8 Å². The van der Waals surface area contributed by atoms with E-state index in [1.54, 1.807) is 13.2 Å². The maximum atomic E-state index is 14.0. The number of allylic oxidation sites excluding steroid dienone is 1. The highest BCUT2D eigenvalue weighted by molar-refractivity contribution is 7.90. The fourth-order valence-corrected chi connectivity index (χ4v) is 10.9. The molecule has 1 saturated carbocycles. The number of hydrogen-bond acceptors (Lipinski definition) is 9. The number of anilines is 1. The predicted molar refractivity (Wildman–Crippen MR) is 216 cm³/mol. The van der Waals surface area contributed by atoms with Crippen LogP contribution in [0.2, 0.25) is 5.02 Å². The second-order valence-electron chi connectivity index (χ2n) is 16.2. The van der Waals surface area contributed by atoms with Crippen LogP contribution < -0.4 is 14.4 Å². The highest BCUT2D eigenvalue weighted by Crippen LogP contribution is 2.47. The van der Waals surface area contributed by atoms with Gasteiger partial charge in [0.05, 0.1) is 10.9 Å². The molecule has 1 saturated heterocycles. The summed E-state index contributed by atoms with van der Waals surface area (Å²) >= 11 is 6.42. The normalized spacial score (nSPS) is 29.2. The van der Waals surface area contributed by atoms with Gasteiger partial charge in [0.25, 0.3) is 5.91 Å². The third kappa shape index (κ3) is 9.47. The number of aryl methyl sites for hydroxylation is 1. The molecule has 10 nitrogen and oxygen atoms in total. The highest BCUT2D eigenvalue weighted by Gasteiger charge is 2.48. The molecule has 2 fully saturated rings. The van der Waals surface area contributed by atoms with Gasteiger partial charge in [-0.15, -0.1) is 0 Å². The number of nitrogens with one attached hydrogen (secondary N) is 1. The predicted octanol–water partition coefficient (Wildman–Crippen LogP) is 6.56. The first kappa shape index (κ1) is 41.0. The number of ether oxygens (including phenoxy) is 3. The van der Waals surface area contributed by atoms with Crippen LogP contribution in [0.25, 0.3) is 0 Å². The lowest BCUT2D eigenvalue weighted by Gasteiger charge is -2.52. The molecule has 4 aliphatic rings. The van der Waals surface area contributed by atoms with Crippen LogP contribution in [-0.2, 0) is 32.5 Å². The van der Waals surface area contributed by atoms with Crippen molar-refractivity contribution in [1.29, 1.82) is 0 Å². The van der Waals surface area contributed by atoms with Crippen molar-refractivity contribution in [2.75, 3.05) is 71.5 Å². The monoisotopic (exact) mass is 784 g/mol. The summed E-state index contributed by atoms with van der Waals surface area (Å²) in [4.78, 5) is 21.3. The van der Waals surface area contributed by atoms with E-state index in [0.717, 1.165) is 89.2 Å². The van der Waals surface area contributed by atoms with Gasteiger partial charge in [0.1, 0.15) is 18.0 Å². The number of carbonyl (C=O) groups excluding carboxylic acids is 1. The molecule has 298 valence electrons. The Morgan fingerprint density at radius 2 is 1.81 bits per heavy atom. The topological polar surface area (TPSA) is 101 Å². The summed E-state index contributed by atoms with van der Waals surface area (Å²) in [6.45, 7) is 13.4. The van der Waals surface area contributed by atoms with E-state index in [9.17, 15) is 13.2 Å². The quantitative estimate of drug-likeness (QED) is 0.313. The first-order valence-electron chi connectivity index (χ1n) is 20.0. The van der Waals surface area contributed by atoms with Crippen LogP contribution in [-0.4, -0.2) is 108 Å². The van der Waals surface area contributed by atoms with Gasteiger partial charge in [-0.1, -0.05) is 36.7 Å². The highest BCUT2D eigenvalue weighted by atomic mass is 35.5. The zero-order chi connectivity index (χ0) is 38.5. The zero-order valence-corrected chi connectivity index (χ0v) is 34.5. The number of carbonyl (C=O) groups is 1. The van der Waals surface area contributed by atoms with Crippen molar-refractivity contribution in [2.45, 2.75) is 89.2 Å². The van der Waals surface area contributed by atoms with Gasteiger partial charge in [-0.2, -0.15) is 0 Å². The molecule has 2 aromatic carbocycles. The van der Waals surface area contributed by atoms with E-state index in [2.05, 4.69) is 45.4 Å². The van der Waals surface area contributed by atoms with Crippen molar-refractivity contribution in [3.8, 4) is 5.75 Å². The number of amides is 1. The number of rotatable bonds is 7. The summed E-state index contributed by atoms with van der Waals surface area (Å²) in [5.41, 5.74) is 2.83. The van der Waals surface area contributed by atoms with Crippen molar-refractivity contribution in [2.24, 2.45) is 17.8 Å². The minimum atomic E-state index is -4.06. The van der Waals surface area contributed by atoms with E-state index in [1.165, 1.54) is 5.56 Å². The van der Waals surface area contributed by atoms with Gasteiger partial charge in [0.15, 0.2) is 0 Å². The maximum absolute atomic E-state index is 14.0. The van der Waals surface area contributed by atoms with Crippen LogP contribution in [0.4, 0.5) is 5.69 Å². The molecule has 54 heavy (non-hydrogen) atoms. The molecule has 0 aromatic heterocycles. The van der Waals surface area contributed by atoms with Crippen molar-refractivity contribution >= 4 is 33.2 Å². The molecule has 3 aliphatic heterocycles. The second-order valence-corrected chi connectivity index (χ2v) is 18.5. The molecule has 1 amide bonds. The Labute approximate surface area is 328 Å². The molecule has 1 aliphatic carbocycles. The van der Waals surface area contributed by atoms with E-state index in [1.807, 2.05) is 44.4 Å². The largest absolute Gasteiger partial charge is 0.487 e. The summed E-state index contributed by atoms with van der Waals surface area (Å²) in [5, 5.41) is -0.113. The van der Waals surface area contributed by atoms with Crippen molar-refractivity contribution in [3.63, 3.8) is 0 Å². The molecule has 0 spiro atoms. The molecule has 6 rings (SSSR count). The Morgan fingerprint density at radius 3 is 2.52 bits per heavy atom. The second kappa shape index (κ2) is 18.1.